The van der Waals surface area contributed by atoms with Gasteiger partial charge in [0.1, 0.15) is 0 Å². The molecule has 0 radical (unpaired) electrons. The first-order chi connectivity index (χ1) is 9.49. The molecule has 2 aromatic heterocycles. The maximum atomic E-state index is 12.2. The van der Waals surface area contributed by atoms with E-state index < -0.39 is 11.2 Å². The van der Waals surface area contributed by atoms with Gasteiger partial charge in [0.2, 0.25) is 5.28 Å². The molecule has 0 spiro atoms. The number of fused-ring (bicyclic) bond motifs is 1. The standard InChI is InChI=1S/C13H17ClN4O2/c1-4-5-6-7-8-18-9-10(15-12(18)14)16(2)13(20)17(3)11(9)19/h7-8H,4-6H2,1-3H3. The Hall–Kier alpha value is -1.82. The molecule has 2 rings (SSSR count). The Bertz CT molecular complexity index is 782. The van der Waals surface area contributed by atoms with Crippen LogP contribution in [0.25, 0.3) is 17.4 Å². The van der Waals surface area contributed by atoms with Crippen molar-refractivity contribution in [1.82, 2.24) is 18.7 Å². The molecule has 0 aliphatic heterocycles. The van der Waals surface area contributed by atoms with Gasteiger partial charge in [0.05, 0.1) is 0 Å². The molecular weight excluding hydrogens is 280 g/mol. The number of aryl methyl sites for hydroxylation is 1. The van der Waals surface area contributed by atoms with Crippen LogP contribution >= 0.6 is 11.6 Å². The molecule has 0 aromatic carbocycles. The van der Waals surface area contributed by atoms with Gasteiger partial charge in [-0.1, -0.05) is 25.8 Å². The summed E-state index contributed by atoms with van der Waals surface area (Å²) in [6.45, 7) is 2.11. The van der Waals surface area contributed by atoms with Crippen LogP contribution in [0.5, 0.6) is 0 Å². The van der Waals surface area contributed by atoms with Gasteiger partial charge in [-0.2, -0.15) is 4.98 Å². The Morgan fingerprint density at radius 2 is 1.95 bits per heavy atom. The lowest BCUT2D eigenvalue weighted by Crippen LogP contribution is -2.37. The van der Waals surface area contributed by atoms with E-state index in [0.717, 1.165) is 23.8 Å². The molecule has 0 aliphatic carbocycles. The highest BCUT2D eigenvalue weighted by molar-refractivity contribution is 6.29. The van der Waals surface area contributed by atoms with Gasteiger partial charge in [0.15, 0.2) is 11.2 Å². The molecule has 0 bridgehead atoms. The highest BCUT2D eigenvalue weighted by atomic mass is 35.5. The molecule has 2 heterocycles. The highest BCUT2D eigenvalue weighted by Crippen LogP contribution is 2.16. The quantitative estimate of drug-likeness (QED) is 0.638. The molecule has 0 N–H and O–H groups in total. The molecule has 0 atom stereocenters. The zero-order valence-corrected chi connectivity index (χ0v) is 12.5. The van der Waals surface area contributed by atoms with Crippen molar-refractivity contribution in [3.05, 3.63) is 32.2 Å². The fraction of sp³-hybridized carbons (Fsp3) is 0.462. The van der Waals surface area contributed by atoms with E-state index in [1.807, 2.05) is 6.08 Å². The molecule has 20 heavy (non-hydrogen) atoms. The number of aromatic nitrogens is 4. The fourth-order valence-electron chi connectivity index (χ4n) is 2.03. The zero-order chi connectivity index (χ0) is 14.9. The van der Waals surface area contributed by atoms with Gasteiger partial charge in [-0.15, -0.1) is 0 Å². The average molecular weight is 297 g/mol. The van der Waals surface area contributed by atoms with E-state index in [2.05, 4.69) is 11.9 Å². The Morgan fingerprint density at radius 3 is 2.60 bits per heavy atom. The lowest BCUT2D eigenvalue weighted by atomic mass is 10.2. The second-order valence-electron chi connectivity index (χ2n) is 4.66. The lowest BCUT2D eigenvalue weighted by molar-refractivity contribution is 0.708. The summed E-state index contributed by atoms with van der Waals surface area (Å²) in [6, 6.07) is 0. The van der Waals surface area contributed by atoms with Crippen LogP contribution in [-0.2, 0) is 14.1 Å². The van der Waals surface area contributed by atoms with Crippen LogP contribution in [0.3, 0.4) is 0 Å². The highest BCUT2D eigenvalue weighted by Gasteiger charge is 2.16. The number of allylic oxidation sites excluding steroid dienone is 1. The van der Waals surface area contributed by atoms with Gasteiger partial charge in [0.25, 0.3) is 5.56 Å². The third-order valence-electron chi connectivity index (χ3n) is 3.23. The molecule has 0 aliphatic rings. The predicted octanol–water partition coefficient (Wildman–Crippen LogP) is 1.75. The molecule has 0 saturated carbocycles. The number of hydrogen-bond donors (Lipinski definition) is 0. The summed E-state index contributed by atoms with van der Waals surface area (Å²) in [6.07, 6.45) is 6.75. The Labute approximate surface area is 120 Å². The normalized spacial score (nSPS) is 11.8. The van der Waals surface area contributed by atoms with Crippen molar-refractivity contribution in [2.24, 2.45) is 14.1 Å². The summed E-state index contributed by atoms with van der Waals surface area (Å²) >= 11 is 6.07. The first kappa shape index (κ1) is 14.6. The van der Waals surface area contributed by atoms with E-state index >= 15 is 0 Å². The molecule has 7 heteroatoms. The van der Waals surface area contributed by atoms with E-state index in [-0.39, 0.29) is 5.28 Å². The van der Waals surface area contributed by atoms with Gasteiger partial charge in [-0.3, -0.25) is 18.5 Å². The predicted molar refractivity (Wildman–Crippen MR) is 80.1 cm³/mol. The first-order valence-electron chi connectivity index (χ1n) is 6.49. The molecule has 6 nitrogen and oxygen atoms in total. The second kappa shape index (κ2) is 5.66. The van der Waals surface area contributed by atoms with Gasteiger partial charge < -0.3 is 0 Å². The zero-order valence-electron chi connectivity index (χ0n) is 11.8. The Kier molecular flexibility index (Phi) is 4.13. The van der Waals surface area contributed by atoms with Crippen molar-refractivity contribution in [1.29, 1.82) is 0 Å². The Balaban J connectivity index is 2.68. The smallest absolute Gasteiger partial charge is 0.284 e. The van der Waals surface area contributed by atoms with Crippen molar-refractivity contribution in [3.8, 4) is 0 Å². The number of nitrogens with zero attached hydrogens (tertiary/aromatic N) is 4. The van der Waals surface area contributed by atoms with Gasteiger partial charge in [0, 0.05) is 20.3 Å². The number of unbranched alkanes of at least 4 members (excludes halogenated alkanes) is 2. The Morgan fingerprint density at radius 1 is 1.25 bits per heavy atom. The number of halogens is 1. The van der Waals surface area contributed by atoms with Gasteiger partial charge in [-0.25, -0.2) is 4.79 Å². The van der Waals surface area contributed by atoms with Crippen LogP contribution in [0, 0.1) is 0 Å². The molecule has 0 unspecified atom stereocenters. The first-order valence-corrected chi connectivity index (χ1v) is 6.87. The molecule has 0 saturated heterocycles. The van der Waals surface area contributed by atoms with Gasteiger partial charge >= 0.3 is 5.69 Å². The minimum absolute atomic E-state index is 0.172. The van der Waals surface area contributed by atoms with Crippen LogP contribution in [0.15, 0.2) is 15.7 Å². The van der Waals surface area contributed by atoms with Crippen LogP contribution < -0.4 is 11.2 Å². The summed E-state index contributed by atoms with van der Waals surface area (Å²) in [5, 5.41) is 0.172. The van der Waals surface area contributed by atoms with Crippen LogP contribution in [0.4, 0.5) is 0 Å². The van der Waals surface area contributed by atoms with Crippen molar-refractivity contribution in [2.75, 3.05) is 0 Å². The largest absolute Gasteiger partial charge is 0.332 e. The molecule has 2 aromatic rings. The van der Waals surface area contributed by atoms with E-state index in [1.165, 1.54) is 16.2 Å². The third-order valence-corrected chi connectivity index (χ3v) is 3.49. The van der Waals surface area contributed by atoms with Crippen LogP contribution in [0.2, 0.25) is 5.28 Å². The summed E-state index contributed by atoms with van der Waals surface area (Å²) in [5.41, 5.74) is -0.211. The maximum absolute atomic E-state index is 12.2. The minimum Gasteiger partial charge on any atom is -0.284 e. The molecule has 0 fully saturated rings. The van der Waals surface area contributed by atoms with Crippen molar-refractivity contribution in [3.63, 3.8) is 0 Å². The van der Waals surface area contributed by atoms with Crippen molar-refractivity contribution in [2.45, 2.75) is 26.2 Å². The number of rotatable bonds is 4. The number of hydrogen-bond acceptors (Lipinski definition) is 3. The fourth-order valence-corrected chi connectivity index (χ4v) is 2.25. The van der Waals surface area contributed by atoms with Crippen LogP contribution in [0.1, 0.15) is 26.2 Å². The maximum Gasteiger partial charge on any atom is 0.332 e. The molecule has 108 valence electrons. The average Bonchev–Trinajstić information content (AvgIpc) is 2.76. The van der Waals surface area contributed by atoms with Gasteiger partial charge in [-0.05, 0) is 18.0 Å². The van der Waals surface area contributed by atoms with E-state index in [0.29, 0.717) is 11.2 Å². The van der Waals surface area contributed by atoms with E-state index in [9.17, 15) is 9.59 Å². The van der Waals surface area contributed by atoms with Crippen molar-refractivity contribution < 1.29 is 0 Å². The third kappa shape index (κ3) is 2.31. The second-order valence-corrected chi connectivity index (χ2v) is 4.99. The monoisotopic (exact) mass is 296 g/mol. The number of imidazole rings is 1. The summed E-state index contributed by atoms with van der Waals surface area (Å²) in [7, 11) is 3.01. The van der Waals surface area contributed by atoms with E-state index in [1.54, 1.807) is 13.2 Å². The summed E-state index contributed by atoms with van der Waals surface area (Å²) < 4.78 is 3.89. The summed E-state index contributed by atoms with van der Waals surface area (Å²) in [4.78, 5) is 28.2. The lowest BCUT2D eigenvalue weighted by Gasteiger charge is -2.03. The molecular formula is C13H17ClN4O2. The van der Waals surface area contributed by atoms with Crippen LogP contribution in [-0.4, -0.2) is 18.7 Å². The molecule has 0 amide bonds. The minimum atomic E-state index is -0.418. The van der Waals surface area contributed by atoms with E-state index in [4.69, 9.17) is 11.6 Å². The topological polar surface area (TPSA) is 61.8 Å². The SMILES string of the molecule is CCCCC=Cn1c(Cl)nc2c1c(=O)n(C)c(=O)n2C. The van der Waals surface area contributed by atoms with Crippen molar-refractivity contribution >= 4 is 29.0 Å². The summed E-state index contributed by atoms with van der Waals surface area (Å²) in [5.74, 6) is 0.